The van der Waals surface area contributed by atoms with Crippen molar-refractivity contribution in [2.45, 2.75) is 19.4 Å². The van der Waals surface area contributed by atoms with Crippen molar-refractivity contribution >= 4 is 34.1 Å². The van der Waals surface area contributed by atoms with Crippen LogP contribution in [0.1, 0.15) is 13.3 Å². The molecule has 18 heavy (non-hydrogen) atoms. The van der Waals surface area contributed by atoms with E-state index in [1.165, 1.54) is 0 Å². The zero-order chi connectivity index (χ0) is 13.1. The van der Waals surface area contributed by atoms with E-state index in [1.807, 2.05) is 13.0 Å². The van der Waals surface area contributed by atoms with E-state index in [-0.39, 0.29) is 5.91 Å². The SMILES string of the molecule is CC[C@@H](N)C(=O)Nc1ccc(Cl)c2ncccc12. The highest BCUT2D eigenvalue weighted by atomic mass is 35.5. The van der Waals surface area contributed by atoms with Gasteiger partial charge in [0.1, 0.15) is 0 Å². The molecule has 1 amide bonds. The van der Waals surface area contributed by atoms with E-state index in [0.717, 1.165) is 5.39 Å². The lowest BCUT2D eigenvalue weighted by Crippen LogP contribution is -2.34. The highest BCUT2D eigenvalue weighted by Gasteiger charge is 2.13. The number of aromatic nitrogens is 1. The molecule has 94 valence electrons. The van der Waals surface area contributed by atoms with E-state index in [4.69, 9.17) is 17.3 Å². The number of amides is 1. The van der Waals surface area contributed by atoms with Crippen molar-refractivity contribution in [3.63, 3.8) is 0 Å². The van der Waals surface area contributed by atoms with Gasteiger partial charge in [0.05, 0.1) is 22.3 Å². The van der Waals surface area contributed by atoms with Crippen LogP contribution in [0.25, 0.3) is 10.9 Å². The molecule has 0 aliphatic carbocycles. The first-order valence-corrected chi connectivity index (χ1v) is 6.11. The number of benzene rings is 1. The summed E-state index contributed by atoms with van der Waals surface area (Å²) in [6.07, 6.45) is 2.26. The number of carbonyl (C=O) groups excluding carboxylic acids is 1. The molecule has 1 aromatic carbocycles. The van der Waals surface area contributed by atoms with E-state index in [2.05, 4.69) is 10.3 Å². The standard InChI is InChI=1S/C13H14ClN3O/c1-2-10(15)13(18)17-11-6-5-9(14)12-8(11)4-3-7-16-12/h3-7,10H,2,15H2,1H3,(H,17,18)/t10-/m1/s1. The van der Waals surface area contributed by atoms with Gasteiger partial charge in [0.15, 0.2) is 0 Å². The average molecular weight is 264 g/mol. The van der Waals surface area contributed by atoms with Gasteiger partial charge in [-0.25, -0.2) is 0 Å². The van der Waals surface area contributed by atoms with Gasteiger partial charge in [0.2, 0.25) is 5.91 Å². The van der Waals surface area contributed by atoms with Crippen molar-refractivity contribution in [3.8, 4) is 0 Å². The fourth-order valence-electron chi connectivity index (χ4n) is 1.66. The molecule has 0 saturated heterocycles. The lowest BCUT2D eigenvalue weighted by molar-refractivity contribution is -0.117. The summed E-state index contributed by atoms with van der Waals surface area (Å²) in [6.45, 7) is 1.87. The van der Waals surface area contributed by atoms with Crippen LogP contribution < -0.4 is 11.1 Å². The van der Waals surface area contributed by atoms with E-state index in [0.29, 0.717) is 22.6 Å². The molecule has 4 nitrogen and oxygen atoms in total. The van der Waals surface area contributed by atoms with Crippen LogP contribution in [0.4, 0.5) is 5.69 Å². The number of carbonyl (C=O) groups is 1. The van der Waals surface area contributed by atoms with E-state index >= 15 is 0 Å². The van der Waals surface area contributed by atoms with Crippen LogP contribution in [0.5, 0.6) is 0 Å². The molecule has 0 unspecified atom stereocenters. The van der Waals surface area contributed by atoms with Gasteiger partial charge in [-0.05, 0) is 30.7 Å². The summed E-state index contributed by atoms with van der Waals surface area (Å²) in [4.78, 5) is 16.0. The Morgan fingerprint density at radius 3 is 3.00 bits per heavy atom. The third-order valence-electron chi connectivity index (χ3n) is 2.75. The van der Waals surface area contributed by atoms with Crippen molar-refractivity contribution in [1.82, 2.24) is 4.98 Å². The number of pyridine rings is 1. The fraction of sp³-hybridized carbons (Fsp3) is 0.231. The highest BCUT2D eigenvalue weighted by Crippen LogP contribution is 2.27. The summed E-state index contributed by atoms with van der Waals surface area (Å²) < 4.78 is 0. The molecular weight excluding hydrogens is 250 g/mol. The maximum Gasteiger partial charge on any atom is 0.241 e. The average Bonchev–Trinajstić information content (AvgIpc) is 2.41. The number of fused-ring (bicyclic) bond motifs is 1. The Bertz CT molecular complexity index is 585. The van der Waals surface area contributed by atoms with Crippen molar-refractivity contribution in [2.24, 2.45) is 5.73 Å². The Balaban J connectivity index is 2.40. The number of anilines is 1. The Labute approximate surface area is 110 Å². The second-order valence-electron chi connectivity index (χ2n) is 4.00. The molecule has 0 spiro atoms. The first-order valence-electron chi connectivity index (χ1n) is 5.73. The van der Waals surface area contributed by atoms with Crippen LogP contribution in [0.15, 0.2) is 30.5 Å². The number of hydrogen-bond acceptors (Lipinski definition) is 3. The minimum atomic E-state index is -0.507. The lowest BCUT2D eigenvalue weighted by Gasteiger charge is -2.12. The van der Waals surface area contributed by atoms with Crippen molar-refractivity contribution in [3.05, 3.63) is 35.5 Å². The van der Waals surface area contributed by atoms with Crippen LogP contribution in [-0.2, 0) is 4.79 Å². The topological polar surface area (TPSA) is 68.0 Å². The predicted molar refractivity (Wildman–Crippen MR) is 73.6 cm³/mol. The Morgan fingerprint density at radius 2 is 2.28 bits per heavy atom. The molecule has 0 bridgehead atoms. The van der Waals surface area contributed by atoms with Gasteiger partial charge in [0, 0.05) is 11.6 Å². The van der Waals surface area contributed by atoms with E-state index < -0.39 is 6.04 Å². The molecule has 0 aliphatic rings. The third-order valence-corrected chi connectivity index (χ3v) is 3.06. The molecular formula is C13H14ClN3O. The van der Waals surface area contributed by atoms with E-state index in [9.17, 15) is 4.79 Å². The summed E-state index contributed by atoms with van der Waals surface area (Å²) in [5.74, 6) is -0.204. The zero-order valence-electron chi connectivity index (χ0n) is 9.98. The summed E-state index contributed by atoms with van der Waals surface area (Å²) in [7, 11) is 0. The van der Waals surface area contributed by atoms with Crippen molar-refractivity contribution < 1.29 is 4.79 Å². The predicted octanol–water partition coefficient (Wildman–Crippen LogP) is 2.56. The third kappa shape index (κ3) is 2.44. The molecule has 5 heteroatoms. The van der Waals surface area contributed by atoms with Gasteiger partial charge < -0.3 is 11.1 Å². The van der Waals surface area contributed by atoms with Gasteiger partial charge >= 0.3 is 0 Å². The molecule has 1 aromatic heterocycles. The molecule has 1 atom stereocenters. The normalized spacial score (nSPS) is 12.4. The first kappa shape index (κ1) is 12.8. The Hall–Kier alpha value is -1.65. The maximum absolute atomic E-state index is 11.8. The van der Waals surface area contributed by atoms with E-state index in [1.54, 1.807) is 24.4 Å². The van der Waals surface area contributed by atoms with Gasteiger partial charge in [-0.3, -0.25) is 9.78 Å². The number of hydrogen-bond donors (Lipinski definition) is 2. The minimum absolute atomic E-state index is 0.204. The smallest absolute Gasteiger partial charge is 0.241 e. The summed E-state index contributed by atoms with van der Waals surface area (Å²) in [5, 5.41) is 4.17. The zero-order valence-corrected chi connectivity index (χ0v) is 10.7. The molecule has 3 N–H and O–H groups in total. The first-order chi connectivity index (χ1) is 8.63. The fourth-order valence-corrected chi connectivity index (χ4v) is 1.87. The molecule has 2 aromatic rings. The van der Waals surface area contributed by atoms with Crippen molar-refractivity contribution in [2.75, 3.05) is 5.32 Å². The number of nitrogens with one attached hydrogen (secondary N) is 1. The Kier molecular flexibility index (Phi) is 3.79. The molecule has 0 radical (unpaired) electrons. The van der Waals surface area contributed by atoms with Gasteiger partial charge in [0.25, 0.3) is 0 Å². The molecule has 1 heterocycles. The van der Waals surface area contributed by atoms with Crippen LogP contribution in [0.2, 0.25) is 5.02 Å². The molecule has 0 fully saturated rings. The monoisotopic (exact) mass is 263 g/mol. The van der Waals surface area contributed by atoms with Gasteiger partial charge in [-0.15, -0.1) is 0 Å². The van der Waals surface area contributed by atoms with Gasteiger partial charge in [-0.1, -0.05) is 18.5 Å². The molecule has 0 aliphatic heterocycles. The second-order valence-corrected chi connectivity index (χ2v) is 4.41. The van der Waals surface area contributed by atoms with Crippen LogP contribution in [-0.4, -0.2) is 16.9 Å². The number of halogens is 1. The quantitative estimate of drug-likeness (QED) is 0.894. The van der Waals surface area contributed by atoms with Gasteiger partial charge in [-0.2, -0.15) is 0 Å². The number of nitrogens with two attached hydrogens (primary N) is 1. The van der Waals surface area contributed by atoms with Crippen LogP contribution in [0.3, 0.4) is 0 Å². The van der Waals surface area contributed by atoms with Crippen molar-refractivity contribution in [1.29, 1.82) is 0 Å². The largest absolute Gasteiger partial charge is 0.324 e. The molecule has 0 saturated carbocycles. The lowest BCUT2D eigenvalue weighted by atomic mass is 10.1. The van der Waals surface area contributed by atoms with Crippen LogP contribution in [0, 0.1) is 0 Å². The maximum atomic E-state index is 11.8. The number of nitrogens with zero attached hydrogens (tertiary/aromatic N) is 1. The summed E-state index contributed by atoms with van der Waals surface area (Å²) >= 11 is 6.06. The molecule has 2 rings (SSSR count). The highest BCUT2D eigenvalue weighted by molar-refractivity contribution is 6.35. The summed E-state index contributed by atoms with van der Waals surface area (Å²) in [5.41, 5.74) is 7.03. The van der Waals surface area contributed by atoms with Crippen LogP contribution >= 0.6 is 11.6 Å². The minimum Gasteiger partial charge on any atom is -0.324 e. The Morgan fingerprint density at radius 1 is 1.50 bits per heavy atom. The number of rotatable bonds is 3. The summed E-state index contributed by atoms with van der Waals surface area (Å²) in [6, 6.07) is 6.62. The second kappa shape index (κ2) is 5.33.